The van der Waals surface area contributed by atoms with E-state index in [9.17, 15) is 14.4 Å². The Balaban J connectivity index is 1.59. The molecule has 29 heavy (non-hydrogen) atoms. The Hall–Kier alpha value is -2.61. The minimum Gasteiger partial charge on any atom is -0.497 e. The molecule has 8 heteroatoms. The normalized spacial score (nSPS) is 19.2. The molecular formula is C21H29N3O5. The molecule has 2 fully saturated rings. The van der Waals surface area contributed by atoms with Gasteiger partial charge >= 0.3 is 6.03 Å². The summed E-state index contributed by atoms with van der Waals surface area (Å²) in [5.74, 6) is 0.538. The van der Waals surface area contributed by atoms with Crippen LogP contribution in [0.4, 0.5) is 4.79 Å². The van der Waals surface area contributed by atoms with Crippen LogP contribution >= 0.6 is 0 Å². The smallest absolute Gasteiger partial charge is 0.326 e. The largest absolute Gasteiger partial charge is 0.497 e. The van der Waals surface area contributed by atoms with E-state index in [0.717, 1.165) is 30.8 Å². The van der Waals surface area contributed by atoms with Gasteiger partial charge in [-0.1, -0.05) is 12.1 Å². The first-order chi connectivity index (χ1) is 14.0. The van der Waals surface area contributed by atoms with Crippen molar-refractivity contribution in [1.29, 1.82) is 0 Å². The monoisotopic (exact) mass is 403 g/mol. The maximum atomic E-state index is 12.9. The van der Waals surface area contributed by atoms with E-state index in [1.54, 1.807) is 14.2 Å². The van der Waals surface area contributed by atoms with Gasteiger partial charge in [0.2, 0.25) is 11.8 Å². The topological polar surface area (TPSA) is 79.4 Å². The molecule has 2 aliphatic rings. The van der Waals surface area contributed by atoms with Crippen molar-refractivity contribution in [2.75, 3.05) is 40.4 Å². The van der Waals surface area contributed by atoms with Crippen LogP contribution in [-0.2, 0) is 20.9 Å². The van der Waals surface area contributed by atoms with Crippen molar-refractivity contribution in [3.05, 3.63) is 29.8 Å². The van der Waals surface area contributed by atoms with Gasteiger partial charge in [0.15, 0.2) is 0 Å². The van der Waals surface area contributed by atoms with Crippen molar-refractivity contribution in [3.63, 3.8) is 0 Å². The van der Waals surface area contributed by atoms with E-state index in [1.807, 2.05) is 29.2 Å². The lowest BCUT2D eigenvalue weighted by molar-refractivity contribution is -0.134. The molecule has 1 atom stereocenters. The van der Waals surface area contributed by atoms with Crippen LogP contribution < -0.4 is 4.74 Å². The van der Waals surface area contributed by atoms with Crippen LogP contribution in [0, 0.1) is 0 Å². The van der Waals surface area contributed by atoms with Crippen LogP contribution in [0.2, 0.25) is 0 Å². The summed E-state index contributed by atoms with van der Waals surface area (Å²) in [6, 6.07) is 7.37. The summed E-state index contributed by atoms with van der Waals surface area (Å²) >= 11 is 0. The van der Waals surface area contributed by atoms with Crippen molar-refractivity contribution in [2.45, 2.75) is 38.3 Å². The van der Waals surface area contributed by atoms with Gasteiger partial charge in [0, 0.05) is 39.7 Å². The Morgan fingerprint density at radius 1 is 1.34 bits per heavy atom. The Morgan fingerprint density at radius 2 is 2.17 bits per heavy atom. The number of carbonyl (C=O) groups excluding carboxylic acids is 3. The number of hydrogen-bond donors (Lipinski definition) is 0. The van der Waals surface area contributed by atoms with Gasteiger partial charge in [-0.2, -0.15) is 0 Å². The summed E-state index contributed by atoms with van der Waals surface area (Å²) in [4.78, 5) is 41.2. The number of hydrogen-bond acceptors (Lipinski definition) is 5. The van der Waals surface area contributed by atoms with Gasteiger partial charge < -0.3 is 19.3 Å². The van der Waals surface area contributed by atoms with Crippen LogP contribution in [0.25, 0.3) is 0 Å². The van der Waals surface area contributed by atoms with Crippen molar-refractivity contribution in [2.24, 2.45) is 0 Å². The molecule has 0 bridgehead atoms. The van der Waals surface area contributed by atoms with Crippen LogP contribution in [-0.4, -0.2) is 79.0 Å². The first kappa shape index (κ1) is 21.1. The Kier molecular flexibility index (Phi) is 7.09. The lowest BCUT2D eigenvalue weighted by Gasteiger charge is -2.26. The molecule has 3 rings (SSSR count). The third-order valence-electron chi connectivity index (χ3n) is 5.31. The van der Waals surface area contributed by atoms with E-state index in [-0.39, 0.29) is 43.5 Å². The fraction of sp³-hybridized carbons (Fsp3) is 0.571. The molecule has 2 saturated heterocycles. The molecule has 8 nitrogen and oxygen atoms in total. The molecule has 0 aliphatic carbocycles. The molecule has 0 saturated carbocycles. The van der Waals surface area contributed by atoms with Gasteiger partial charge in [0.1, 0.15) is 12.3 Å². The highest BCUT2D eigenvalue weighted by Gasteiger charge is 2.33. The predicted molar refractivity (Wildman–Crippen MR) is 106 cm³/mol. The quantitative estimate of drug-likeness (QED) is 0.588. The number of rotatable bonds is 9. The SMILES string of the molecule is COc1cccc(CN(CC2CCCO2)C(=O)CCCN2C(=O)CN(C)C2=O)c1. The van der Waals surface area contributed by atoms with Crippen molar-refractivity contribution >= 4 is 17.8 Å². The molecular weight excluding hydrogens is 374 g/mol. The summed E-state index contributed by atoms with van der Waals surface area (Å²) in [6.07, 6.45) is 2.74. The number of imide groups is 1. The minimum absolute atomic E-state index is 0.00392. The van der Waals surface area contributed by atoms with Crippen molar-refractivity contribution in [3.8, 4) is 5.75 Å². The molecule has 1 aromatic carbocycles. The van der Waals surface area contributed by atoms with Gasteiger partial charge in [-0.05, 0) is 37.0 Å². The van der Waals surface area contributed by atoms with E-state index < -0.39 is 0 Å². The zero-order valence-electron chi connectivity index (χ0n) is 17.1. The second kappa shape index (κ2) is 9.73. The van der Waals surface area contributed by atoms with Crippen LogP contribution in [0.3, 0.4) is 0 Å². The highest BCUT2D eigenvalue weighted by Crippen LogP contribution is 2.19. The Bertz CT molecular complexity index is 748. The Morgan fingerprint density at radius 3 is 2.83 bits per heavy atom. The number of methoxy groups -OCH3 is 1. The molecule has 0 radical (unpaired) electrons. The number of carbonyl (C=O) groups is 3. The molecule has 0 spiro atoms. The molecule has 1 unspecified atom stereocenters. The summed E-state index contributed by atoms with van der Waals surface area (Å²) < 4.78 is 11.0. The average Bonchev–Trinajstić information content (AvgIpc) is 3.31. The molecule has 4 amide bonds. The van der Waals surface area contributed by atoms with E-state index in [1.165, 1.54) is 9.80 Å². The molecule has 0 aromatic heterocycles. The zero-order chi connectivity index (χ0) is 20.8. The fourth-order valence-electron chi connectivity index (χ4n) is 3.72. The number of benzene rings is 1. The van der Waals surface area contributed by atoms with Gasteiger partial charge in [-0.3, -0.25) is 14.5 Å². The summed E-state index contributed by atoms with van der Waals surface area (Å²) in [6.45, 7) is 2.12. The Labute approximate surface area is 171 Å². The lowest BCUT2D eigenvalue weighted by Crippen LogP contribution is -2.38. The highest BCUT2D eigenvalue weighted by atomic mass is 16.5. The molecule has 2 heterocycles. The maximum Gasteiger partial charge on any atom is 0.326 e. The van der Waals surface area contributed by atoms with Crippen LogP contribution in [0.5, 0.6) is 5.75 Å². The van der Waals surface area contributed by atoms with Crippen LogP contribution in [0.1, 0.15) is 31.2 Å². The summed E-state index contributed by atoms with van der Waals surface area (Å²) in [5.41, 5.74) is 0.988. The van der Waals surface area contributed by atoms with E-state index >= 15 is 0 Å². The zero-order valence-corrected chi connectivity index (χ0v) is 17.1. The molecule has 1 aromatic rings. The van der Waals surface area contributed by atoms with Crippen molar-refractivity contribution < 1.29 is 23.9 Å². The number of nitrogens with zero attached hydrogens (tertiary/aromatic N) is 3. The predicted octanol–water partition coefficient (Wildman–Crippen LogP) is 1.88. The average molecular weight is 403 g/mol. The first-order valence-corrected chi connectivity index (χ1v) is 10.1. The second-order valence-electron chi connectivity index (χ2n) is 7.55. The molecule has 2 aliphatic heterocycles. The lowest BCUT2D eigenvalue weighted by atomic mass is 10.1. The molecule has 158 valence electrons. The van der Waals surface area contributed by atoms with Gasteiger partial charge in [-0.15, -0.1) is 0 Å². The van der Waals surface area contributed by atoms with E-state index in [2.05, 4.69) is 0 Å². The summed E-state index contributed by atoms with van der Waals surface area (Å²) in [5, 5.41) is 0. The number of amides is 4. The number of urea groups is 1. The van der Waals surface area contributed by atoms with E-state index in [0.29, 0.717) is 19.5 Å². The van der Waals surface area contributed by atoms with E-state index in [4.69, 9.17) is 9.47 Å². The van der Waals surface area contributed by atoms with Crippen molar-refractivity contribution in [1.82, 2.24) is 14.7 Å². The maximum absolute atomic E-state index is 12.9. The third kappa shape index (κ3) is 5.47. The van der Waals surface area contributed by atoms with Crippen LogP contribution in [0.15, 0.2) is 24.3 Å². The van der Waals surface area contributed by atoms with Gasteiger partial charge in [0.05, 0.1) is 13.2 Å². The number of ether oxygens (including phenoxy) is 2. The first-order valence-electron chi connectivity index (χ1n) is 10.1. The fourth-order valence-corrected chi connectivity index (χ4v) is 3.72. The second-order valence-corrected chi connectivity index (χ2v) is 7.55. The van der Waals surface area contributed by atoms with Gasteiger partial charge in [-0.25, -0.2) is 4.79 Å². The molecule has 0 N–H and O–H groups in total. The standard InChI is InChI=1S/C21H29N3O5/c1-22-15-20(26)24(21(22)27)10-4-9-19(25)23(14-18-8-5-11-29-18)13-16-6-3-7-17(12-16)28-2/h3,6-7,12,18H,4-5,8-11,13-15H2,1-2H3. The minimum atomic E-state index is -0.296. The number of likely N-dealkylation sites (N-methyl/N-ethyl adjacent to an activating group) is 1. The van der Waals surface area contributed by atoms with Gasteiger partial charge in [0.25, 0.3) is 0 Å². The highest BCUT2D eigenvalue weighted by molar-refractivity contribution is 6.01. The summed E-state index contributed by atoms with van der Waals surface area (Å²) in [7, 11) is 3.22. The third-order valence-corrected chi connectivity index (χ3v) is 5.31.